The molecule has 1 fully saturated rings. The minimum Gasteiger partial charge on any atom is -0.481 e. The van der Waals surface area contributed by atoms with E-state index in [0.717, 1.165) is 25.7 Å². The van der Waals surface area contributed by atoms with Crippen molar-refractivity contribution < 1.29 is 19.8 Å². The summed E-state index contributed by atoms with van der Waals surface area (Å²) in [5.41, 5.74) is 9.57. The van der Waals surface area contributed by atoms with Gasteiger partial charge in [0.2, 0.25) is 0 Å². The lowest BCUT2D eigenvalue weighted by Crippen LogP contribution is -2.34. The molecule has 6 heteroatoms. The lowest BCUT2D eigenvalue weighted by Gasteiger charge is -2.34. The van der Waals surface area contributed by atoms with E-state index in [1.807, 2.05) is 0 Å². The predicted molar refractivity (Wildman–Crippen MR) is 59.0 cm³/mol. The van der Waals surface area contributed by atoms with Crippen LogP contribution in [0, 0.1) is 5.41 Å². The van der Waals surface area contributed by atoms with E-state index < -0.39 is 12.1 Å². The number of primary amides is 1. The number of aliphatic carboxylic acids is 1. The predicted octanol–water partition coefficient (Wildman–Crippen LogP) is 0.993. The summed E-state index contributed by atoms with van der Waals surface area (Å²) >= 11 is 0. The summed E-state index contributed by atoms with van der Waals surface area (Å²) in [5, 5.41) is 15.9. The maximum Gasteiger partial charge on any atom is 0.402 e. The highest BCUT2D eigenvalue weighted by molar-refractivity contribution is 5.67. The van der Waals surface area contributed by atoms with E-state index in [4.69, 9.17) is 20.7 Å². The zero-order chi connectivity index (χ0) is 12.6. The average Bonchev–Trinajstić information content (AvgIpc) is 2.17. The molecule has 0 radical (unpaired) electrons. The molecule has 0 saturated heterocycles. The Morgan fingerprint density at radius 3 is 1.88 bits per heavy atom. The number of nitrogens with two attached hydrogens (primary N) is 2. The van der Waals surface area contributed by atoms with Crippen LogP contribution in [-0.4, -0.2) is 28.8 Å². The number of rotatable bonds is 3. The first-order valence-corrected chi connectivity index (χ1v) is 5.32. The highest BCUT2D eigenvalue weighted by Crippen LogP contribution is 2.38. The molecule has 16 heavy (non-hydrogen) atoms. The van der Waals surface area contributed by atoms with Gasteiger partial charge >= 0.3 is 12.1 Å². The Morgan fingerprint density at radius 1 is 1.12 bits per heavy atom. The molecule has 0 aliphatic heterocycles. The van der Waals surface area contributed by atoms with Gasteiger partial charge in [-0.05, 0) is 24.8 Å². The largest absolute Gasteiger partial charge is 0.481 e. The molecule has 1 aliphatic carbocycles. The lowest BCUT2D eigenvalue weighted by molar-refractivity contribution is -0.140. The second-order valence-electron chi connectivity index (χ2n) is 4.17. The second kappa shape index (κ2) is 7.05. The Morgan fingerprint density at radius 2 is 1.56 bits per heavy atom. The molecule has 0 aromatic rings. The number of amides is 1. The van der Waals surface area contributed by atoms with Crippen molar-refractivity contribution in [2.45, 2.75) is 38.5 Å². The first-order chi connectivity index (χ1) is 7.42. The van der Waals surface area contributed by atoms with Crippen LogP contribution in [0.25, 0.3) is 0 Å². The Balaban J connectivity index is 0.000000487. The first-order valence-electron chi connectivity index (χ1n) is 5.32. The van der Waals surface area contributed by atoms with Gasteiger partial charge in [-0.1, -0.05) is 19.3 Å². The molecule has 0 spiro atoms. The fourth-order valence-corrected chi connectivity index (χ4v) is 2.08. The van der Waals surface area contributed by atoms with E-state index in [9.17, 15) is 4.79 Å². The SMILES string of the molecule is NC(=O)O.NCC1(CC(=O)O)CCCCC1. The molecule has 6 N–H and O–H groups in total. The smallest absolute Gasteiger partial charge is 0.402 e. The maximum atomic E-state index is 10.6. The molecule has 0 aromatic carbocycles. The Kier molecular flexibility index (Phi) is 6.48. The summed E-state index contributed by atoms with van der Waals surface area (Å²) in [7, 11) is 0. The standard InChI is InChI=1S/C9H17NO2.CH3NO2/c10-7-9(6-8(11)12)4-2-1-3-5-9;2-1(3)4/h1-7,10H2,(H,11,12);2H2,(H,3,4). The fourth-order valence-electron chi connectivity index (χ4n) is 2.08. The van der Waals surface area contributed by atoms with Crippen molar-refractivity contribution in [2.75, 3.05) is 6.54 Å². The van der Waals surface area contributed by atoms with Gasteiger partial charge in [-0.2, -0.15) is 0 Å². The summed E-state index contributed by atoms with van der Waals surface area (Å²) in [6.07, 6.45) is 4.44. The lowest BCUT2D eigenvalue weighted by atomic mass is 9.72. The van der Waals surface area contributed by atoms with Crippen LogP contribution in [0.4, 0.5) is 4.79 Å². The van der Waals surface area contributed by atoms with Gasteiger partial charge < -0.3 is 21.7 Å². The van der Waals surface area contributed by atoms with Crippen LogP contribution in [0.3, 0.4) is 0 Å². The zero-order valence-corrected chi connectivity index (χ0v) is 9.32. The van der Waals surface area contributed by atoms with Gasteiger partial charge in [-0.25, -0.2) is 4.79 Å². The van der Waals surface area contributed by atoms with Crippen LogP contribution in [0.2, 0.25) is 0 Å². The summed E-state index contributed by atoms with van der Waals surface area (Å²) < 4.78 is 0. The van der Waals surface area contributed by atoms with E-state index in [2.05, 4.69) is 5.73 Å². The zero-order valence-electron chi connectivity index (χ0n) is 9.32. The fraction of sp³-hybridized carbons (Fsp3) is 0.800. The molecule has 94 valence electrons. The quantitative estimate of drug-likeness (QED) is 0.577. The minimum atomic E-state index is -1.33. The number of carbonyl (C=O) groups is 2. The molecule has 0 heterocycles. The average molecular weight is 232 g/mol. The van der Waals surface area contributed by atoms with Gasteiger partial charge in [-0.3, -0.25) is 4.79 Å². The van der Waals surface area contributed by atoms with Crippen LogP contribution in [0.5, 0.6) is 0 Å². The van der Waals surface area contributed by atoms with Gasteiger partial charge in [-0.15, -0.1) is 0 Å². The molecule has 1 saturated carbocycles. The summed E-state index contributed by atoms with van der Waals surface area (Å²) in [4.78, 5) is 19.4. The Hall–Kier alpha value is -1.30. The number of hydrogen-bond acceptors (Lipinski definition) is 3. The van der Waals surface area contributed by atoms with Crippen molar-refractivity contribution in [3.63, 3.8) is 0 Å². The van der Waals surface area contributed by atoms with E-state index >= 15 is 0 Å². The van der Waals surface area contributed by atoms with Gasteiger partial charge in [0.15, 0.2) is 0 Å². The molecule has 0 bridgehead atoms. The van der Waals surface area contributed by atoms with E-state index in [0.29, 0.717) is 6.54 Å². The van der Waals surface area contributed by atoms with E-state index in [1.165, 1.54) is 6.42 Å². The summed E-state index contributed by atoms with van der Waals surface area (Å²) in [6, 6.07) is 0. The molecule has 0 aromatic heterocycles. The first kappa shape index (κ1) is 14.7. The minimum absolute atomic E-state index is 0.0793. The molecule has 1 amide bonds. The van der Waals surface area contributed by atoms with Gasteiger partial charge in [0.1, 0.15) is 0 Å². The Bertz CT molecular complexity index is 233. The highest BCUT2D eigenvalue weighted by Gasteiger charge is 2.32. The van der Waals surface area contributed by atoms with Crippen LogP contribution in [0.15, 0.2) is 0 Å². The topological polar surface area (TPSA) is 127 Å². The van der Waals surface area contributed by atoms with Crippen molar-refractivity contribution in [1.82, 2.24) is 0 Å². The molecule has 0 unspecified atom stereocenters. The maximum absolute atomic E-state index is 10.6. The molecular weight excluding hydrogens is 212 g/mol. The van der Waals surface area contributed by atoms with Crippen molar-refractivity contribution in [3.05, 3.63) is 0 Å². The third-order valence-electron chi connectivity index (χ3n) is 2.87. The highest BCUT2D eigenvalue weighted by atomic mass is 16.4. The molecule has 6 nitrogen and oxygen atoms in total. The normalized spacial score (nSPS) is 18.1. The molecule has 1 rings (SSSR count). The van der Waals surface area contributed by atoms with Crippen LogP contribution >= 0.6 is 0 Å². The van der Waals surface area contributed by atoms with Crippen molar-refractivity contribution in [1.29, 1.82) is 0 Å². The number of carboxylic acid groups (broad SMARTS) is 2. The molecular formula is C10H20N2O4. The summed E-state index contributed by atoms with van der Waals surface area (Å²) in [6.45, 7) is 0.527. The van der Waals surface area contributed by atoms with E-state index in [1.54, 1.807) is 0 Å². The van der Waals surface area contributed by atoms with Gasteiger partial charge in [0.25, 0.3) is 0 Å². The second-order valence-corrected chi connectivity index (χ2v) is 4.17. The van der Waals surface area contributed by atoms with Crippen LogP contribution in [-0.2, 0) is 4.79 Å². The molecule has 0 atom stereocenters. The molecule has 1 aliphatic rings. The summed E-state index contributed by atoms with van der Waals surface area (Å²) in [5.74, 6) is -0.706. The van der Waals surface area contributed by atoms with Gasteiger partial charge in [0.05, 0.1) is 6.42 Å². The van der Waals surface area contributed by atoms with E-state index in [-0.39, 0.29) is 11.8 Å². The van der Waals surface area contributed by atoms with Crippen LogP contribution in [0.1, 0.15) is 38.5 Å². The van der Waals surface area contributed by atoms with Crippen molar-refractivity contribution in [3.8, 4) is 0 Å². The van der Waals surface area contributed by atoms with Crippen molar-refractivity contribution >= 4 is 12.1 Å². The van der Waals surface area contributed by atoms with Crippen LogP contribution < -0.4 is 11.5 Å². The Labute approximate surface area is 94.6 Å². The third kappa shape index (κ3) is 6.23. The van der Waals surface area contributed by atoms with Gasteiger partial charge in [0, 0.05) is 0 Å². The van der Waals surface area contributed by atoms with Crippen molar-refractivity contribution in [2.24, 2.45) is 16.9 Å². The monoisotopic (exact) mass is 232 g/mol. The third-order valence-corrected chi connectivity index (χ3v) is 2.87. The number of carboxylic acids is 1. The number of hydrogen-bond donors (Lipinski definition) is 4.